The van der Waals surface area contributed by atoms with Crippen molar-refractivity contribution in [3.63, 3.8) is 0 Å². The van der Waals surface area contributed by atoms with Gasteiger partial charge in [-0.25, -0.2) is 0 Å². The van der Waals surface area contributed by atoms with E-state index >= 15 is 0 Å². The van der Waals surface area contributed by atoms with Gasteiger partial charge in [-0.3, -0.25) is 14.4 Å². The van der Waals surface area contributed by atoms with E-state index in [9.17, 15) is 14.4 Å². The van der Waals surface area contributed by atoms with Gasteiger partial charge < -0.3 is 0 Å². The van der Waals surface area contributed by atoms with E-state index in [2.05, 4.69) is 32.9 Å². The minimum atomic E-state index is -0.0414. The number of hydrogen-bond acceptors (Lipinski definition) is 4. The molecule has 1 heterocycles. The summed E-state index contributed by atoms with van der Waals surface area (Å²) in [5, 5.41) is 1.73. The molecule has 0 bridgehead atoms. The average Bonchev–Trinajstić information content (AvgIpc) is 3.00. The number of benzene rings is 4. The average molecular weight is 547 g/mol. The van der Waals surface area contributed by atoms with E-state index in [4.69, 9.17) is 0 Å². The van der Waals surface area contributed by atoms with Gasteiger partial charge in [0.2, 0.25) is 0 Å². The van der Waals surface area contributed by atoms with Crippen molar-refractivity contribution in [1.82, 2.24) is 0 Å². The monoisotopic (exact) mass is 546 g/mol. The Morgan fingerprint density at radius 3 is 1.98 bits per heavy atom. The van der Waals surface area contributed by atoms with Crippen molar-refractivity contribution in [2.45, 2.75) is 59.3 Å². The van der Waals surface area contributed by atoms with Gasteiger partial charge in [-0.1, -0.05) is 88.2 Å². The molecule has 0 saturated carbocycles. The molecule has 40 heavy (non-hydrogen) atoms. The van der Waals surface area contributed by atoms with Crippen LogP contribution >= 0.6 is 11.3 Å². The zero-order valence-electron chi connectivity index (χ0n) is 23.4. The largest absolute Gasteiger partial charge is 0.289 e. The van der Waals surface area contributed by atoms with Crippen LogP contribution in [-0.4, -0.2) is 11.6 Å². The Morgan fingerprint density at radius 2 is 1.27 bits per heavy atom. The molecule has 0 atom stereocenters. The molecule has 0 aliphatic heterocycles. The highest BCUT2D eigenvalue weighted by Gasteiger charge is 2.29. The van der Waals surface area contributed by atoms with Crippen LogP contribution in [0.15, 0.2) is 83.7 Å². The summed E-state index contributed by atoms with van der Waals surface area (Å²) in [6.45, 7) is 6.46. The molecule has 6 rings (SSSR count). The maximum absolute atomic E-state index is 12.6. The van der Waals surface area contributed by atoms with E-state index in [0.717, 1.165) is 51.4 Å². The predicted molar refractivity (Wildman–Crippen MR) is 167 cm³/mol. The topological polar surface area (TPSA) is 51.2 Å². The summed E-state index contributed by atoms with van der Waals surface area (Å²) in [5.41, 5.74) is 6.02. The molecular formula is C36H34O3S. The van der Waals surface area contributed by atoms with Crippen molar-refractivity contribution >= 4 is 43.1 Å². The van der Waals surface area contributed by atoms with Gasteiger partial charge in [-0.05, 0) is 66.6 Å². The summed E-state index contributed by atoms with van der Waals surface area (Å²) < 4.78 is 2.24. The highest BCUT2D eigenvalue weighted by molar-refractivity contribution is 7.24. The molecule has 0 radical (unpaired) electrons. The van der Waals surface area contributed by atoms with E-state index in [0.29, 0.717) is 22.3 Å². The van der Waals surface area contributed by atoms with Crippen LogP contribution in [-0.2, 0) is 19.3 Å². The van der Waals surface area contributed by atoms with Crippen molar-refractivity contribution < 1.29 is 9.59 Å². The first-order valence-electron chi connectivity index (χ1n) is 14.3. The maximum atomic E-state index is 12.6. The second-order valence-corrected chi connectivity index (χ2v) is 11.4. The number of rotatable bonds is 6. The Bertz CT molecular complexity index is 1790. The van der Waals surface area contributed by atoms with Gasteiger partial charge in [-0.15, -0.1) is 11.3 Å². The number of hydrogen-bond donors (Lipinski definition) is 0. The molecule has 1 aliphatic rings. The lowest BCUT2D eigenvalue weighted by Crippen LogP contribution is -2.20. The first-order chi connectivity index (χ1) is 19.5. The fourth-order valence-electron chi connectivity index (χ4n) is 5.39. The third kappa shape index (κ3) is 5.29. The number of unbranched alkanes of at least 4 members (excludes halogenated alkanes) is 2. The Morgan fingerprint density at radius 1 is 0.600 bits per heavy atom. The van der Waals surface area contributed by atoms with Gasteiger partial charge in [-0.2, -0.15) is 0 Å². The van der Waals surface area contributed by atoms with Crippen LogP contribution in [0.25, 0.3) is 20.2 Å². The van der Waals surface area contributed by atoms with Crippen molar-refractivity contribution in [2.24, 2.45) is 0 Å². The summed E-state index contributed by atoms with van der Waals surface area (Å²) in [5.74, 6) is -0.0714. The van der Waals surface area contributed by atoms with Gasteiger partial charge in [0.1, 0.15) is 0 Å². The number of carbonyl (C=O) groups is 2. The van der Waals surface area contributed by atoms with Crippen LogP contribution in [0.3, 0.4) is 0 Å². The SMILES string of the molecule is CCCCCc1ccc2c(c1)C(=O)c1ccccc1C2=O.CCc1cc(CC)c2sc3ccccc3c(=O)c2c1. The van der Waals surface area contributed by atoms with Crippen LogP contribution in [0, 0.1) is 0 Å². The van der Waals surface area contributed by atoms with E-state index < -0.39 is 0 Å². The maximum Gasteiger partial charge on any atom is 0.195 e. The van der Waals surface area contributed by atoms with E-state index in [1.54, 1.807) is 35.6 Å². The number of ketones is 2. The number of aryl methyl sites for hydroxylation is 3. The van der Waals surface area contributed by atoms with E-state index in [-0.39, 0.29) is 17.0 Å². The molecule has 3 nitrogen and oxygen atoms in total. The molecule has 4 heteroatoms. The fourth-order valence-corrected chi connectivity index (χ4v) is 6.62. The summed E-state index contributed by atoms with van der Waals surface area (Å²) in [4.78, 5) is 37.7. The third-order valence-electron chi connectivity index (χ3n) is 7.66. The van der Waals surface area contributed by atoms with E-state index in [1.165, 1.54) is 24.0 Å². The third-order valence-corrected chi connectivity index (χ3v) is 8.92. The first-order valence-corrected chi connectivity index (χ1v) is 15.1. The Hall–Kier alpha value is -3.89. The van der Waals surface area contributed by atoms with Gasteiger partial charge in [0.05, 0.1) is 0 Å². The minimum absolute atomic E-state index is 0.0301. The molecule has 4 aromatic carbocycles. The first kappa shape index (κ1) is 27.7. The second-order valence-electron chi connectivity index (χ2n) is 10.3. The smallest absolute Gasteiger partial charge is 0.195 e. The van der Waals surface area contributed by atoms with Crippen molar-refractivity contribution in [2.75, 3.05) is 0 Å². The lowest BCUT2D eigenvalue weighted by Gasteiger charge is -2.18. The summed E-state index contributed by atoms with van der Waals surface area (Å²) >= 11 is 1.74. The minimum Gasteiger partial charge on any atom is -0.289 e. The van der Waals surface area contributed by atoms with Crippen molar-refractivity contribution in [3.05, 3.63) is 128 Å². The molecule has 0 unspecified atom stereocenters. The molecule has 0 saturated heterocycles. The zero-order valence-corrected chi connectivity index (χ0v) is 24.2. The quantitative estimate of drug-likeness (QED) is 0.155. The summed E-state index contributed by atoms with van der Waals surface area (Å²) in [6, 6.07) is 25.0. The Balaban J connectivity index is 0.000000162. The lowest BCUT2D eigenvalue weighted by atomic mass is 9.83. The van der Waals surface area contributed by atoms with Crippen LogP contribution in [0.2, 0.25) is 0 Å². The van der Waals surface area contributed by atoms with Crippen molar-refractivity contribution in [1.29, 1.82) is 0 Å². The normalized spacial score (nSPS) is 12.2. The Kier molecular flexibility index (Phi) is 8.37. The summed E-state index contributed by atoms with van der Waals surface area (Å²) in [7, 11) is 0. The van der Waals surface area contributed by atoms with Crippen LogP contribution < -0.4 is 5.43 Å². The predicted octanol–water partition coefficient (Wildman–Crippen LogP) is 8.73. The Labute approximate surface area is 239 Å². The number of fused-ring (bicyclic) bond motifs is 4. The second kappa shape index (κ2) is 12.1. The molecule has 1 aromatic heterocycles. The zero-order chi connectivity index (χ0) is 28.2. The van der Waals surface area contributed by atoms with Gasteiger partial charge in [0.25, 0.3) is 0 Å². The van der Waals surface area contributed by atoms with Gasteiger partial charge >= 0.3 is 0 Å². The van der Waals surface area contributed by atoms with Gasteiger partial charge in [0.15, 0.2) is 17.0 Å². The molecule has 0 spiro atoms. The van der Waals surface area contributed by atoms with Crippen LogP contribution in [0.5, 0.6) is 0 Å². The fraction of sp³-hybridized carbons (Fsp3) is 0.250. The van der Waals surface area contributed by atoms with E-state index in [1.807, 2.05) is 42.5 Å². The molecular weight excluding hydrogens is 512 g/mol. The molecule has 0 amide bonds. The summed E-state index contributed by atoms with van der Waals surface area (Å²) in [6.07, 6.45) is 6.39. The molecule has 5 aromatic rings. The van der Waals surface area contributed by atoms with Gasteiger partial charge in [0, 0.05) is 42.4 Å². The lowest BCUT2D eigenvalue weighted by molar-refractivity contribution is 0.0979. The molecule has 1 aliphatic carbocycles. The van der Waals surface area contributed by atoms with Crippen molar-refractivity contribution in [3.8, 4) is 0 Å². The highest BCUT2D eigenvalue weighted by Crippen LogP contribution is 2.30. The number of carbonyl (C=O) groups excluding carboxylic acids is 2. The molecule has 0 N–H and O–H groups in total. The standard InChI is InChI=1S/C19H18O2.C17H16OS/c1-2-3-4-7-13-10-11-16-17(12-13)19(21)15-9-6-5-8-14(15)18(16)20;1-3-11-9-12(4-2)17-14(10-11)16(18)13-7-5-6-8-15(13)19-17/h5-6,8-12H,2-4,7H2,1H3;5-10H,3-4H2,1-2H3. The molecule has 0 fully saturated rings. The molecule has 202 valence electrons. The van der Waals surface area contributed by atoms with Crippen LogP contribution in [0.1, 0.15) is 88.6 Å². The van der Waals surface area contributed by atoms with Crippen LogP contribution in [0.4, 0.5) is 0 Å². The highest BCUT2D eigenvalue weighted by atomic mass is 32.1.